The summed E-state index contributed by atoms with van der Waals surface area (Å²) in [5.74, 6) is -3.10. The zero-order chi connectivity index (χ0) is 36.3. The Hall–Kier alpha value is -5.77. The Morgan fingerprint density at radius 3 is 2.17 bits per heavy atom. The first-order valence-corrected chi connectivity index (χ1v) is 18.4. The Kier molecular flexibility index (Phi) is 12.1. The van der Waals surface area contributed by atoms with Crippen molar-refractivity contribution in [2.75, 3.05) is 6.16 Å². The van der Waals surface area contributed by atoms with E-state index in [1.54, 1.807) is 12.3 Å². The van der Waals surface area contributed by atoms with E-state index >= 15 is 0 Å². The lowest BCUT2D eigenvalue weighted by atomic mass is 10.0. The van der Waals surface area contributed by atoms with Gasteiger partial charge in [0.05, 0.1) is 11.7 Å². The summed E-state index contributed by atoms with van der Waals surface area (Å²) in [6.45, 7) is 0.0430. The molecule has 6 rings (SSSR count). The highest BCUT2D eigenvalue weighted by molar-refractivity contribution is 7.52. The molecule has 5 N–H and O–H groups in total. The number of benzene rings is 4. The molecule has 0 radical (unpaired) electrons. The molecule has 0 saturated heterocycles. The van der Waals surface area contributed by atoms with Gasteiger partial charge >= 0.3 is 12.1 Å². The molecule has 0 aliphatic heterocycles. The Labute approximate surface area is 301 Å². The molecule has 11 nitrogen and oxygen atoms in total. The molecule has 2 aromatic heterocycles. The third-order valence-corrected chi connectivity index (χ3v) is 10.5. The summed E-state index contributed by atoms with van der Waals surface area (Å²) in [5.41, 5.74) is 4.68. The lowest BCUT2D eigenvalue weighted by molar-refractivity contribution is -0.142. The van der Waals surface area contributed by atoms with Gasteiger partial charge in [-0.15, -0.1) is 0 Å². The van der Waals surface area contributed by atoms with Gasteiger partial charge in [0.2, 0.25) is 5.91 Å². The maximum atomic E-state index is 14.1. The number of aliphatic carboxylic acids is 1. The first kappa shape index (κ1) is 36.0. The molecule has 0 fully saturated rings. The van der Waals surface area contributed by atoms with Gasteiger partial charge in [-0.1, -0.05) is 114 Å². The molecule has 0 aliphatic carbocycles. The SMILES string of the molecule is O=C(N[C@@H](Cc1ccccc1)P(O)C[C@H](Cc1cc(-c2ccccc2)no1)C(=O)N[C@@H](Cc1c[nH]c2ccccc12)C(=O)O)OCc1ccccc1. The second kappa shape index (κ2) is 17.4. The fourth-order valence-electron chi connectivity index (χ4n) is 5.97. The van der Waals surface area contributed by atoms with Gasteiger partial charge in [0.1, 0.15) is 24.1 Å². The van der Waals surface area contributed by atoms with Gasteiger partial charge in [0.15, 0.2) is 0 Å². The first-order chi connectivity index (χ1) is 25.3. The number of carbonyl (C=O) groups is 3. The van der Waals surface area contributed by atoms with Crippen molar-refractivity contribution >= 4 is 37.0 Å². The van der Waals surface area contributed by atoms with E-state index in [0.29, 0.717) is 11.5 Å². The van der Waals surface area contributed by atoms with E-state index < -0.39 is 43.9 Å². The second-order valence-electron chi connectivity index (χ2n) is 12.4. The van der Waals surface area contributed by atoms with Crippen LogP contribution in [0.25, 0.3) is 22.2 Å². The summed E-state index contributed by atoms with van der Waals surface area (Å²) in [6, 6.07) is 36.1. The smallest absolute Gasteiger partial charge is 0.408 e. The van der Waals surface area contributed by atoms with Crippen molar-refractivity contribution in [3.05, 3.63) is 150 Å². The van der Waals surface area contributed by atoms with Crippen molar-refractivity contribution in [1.82, 2.24) is 20.8 Å². The van der Waals surface area contributed by atoms with Crippen LogP contribution in [0, 0.1) is 5.92 Å². The van der Waals surface area contributed by atoms with Crippen molar-refractivity contribution in [2.24, 2.45) is 5.92 Å². The number of nitrogens with one attached hydrogen (secondary N) is 3. The number of carbonyl (C=O) groups excluding carboxylic acids is 2. The van der Waals surface area contributed by atoms with Gasteiger partial charge in [-0.25, -0.2) is 9.59 Å². The highest BCUT2D eigenvalue weighted by Gasteiger charge is 2.33. The van der Waals surface area contributed by atoms with Crippen LogP contribution in [0.5, 0.6) is 0 Å². The van der Waals surface area contributed by atoms with Gasteiger partial charge in [-0.3, -0.25) is 4.79 Å². The van der Waals surface area contributed by atoms with E-state index in [-0.39, 0.29) is 32.0 Å². The minimum Gasteiger partial charge on any atom is -0.480 e. The number of para-hydroxylation sites is 1. The largest absolute Gasteiger partial charge is 0.480 e. The molecule has 266 valence electrons. The summed E-state index contributed by atoms with van der Waals surface area (Å²) < 4.78 is 11.1. The van der Waals surface area contributed by atoms with E-state index in [9.17, 15) is 24.4 Å². The maximum absolute atomic E-state index is 14.1. The van der Waals surface area contributed by atoms with Crippen LogP contribution in [-0.4, -0.2) is 56.1 Å². The molecule has 2 amide bonds. The Bertz CT molecular complexity index is 2070. The van der Waals surface area contributed by atoms with Gasteiger partial charge < -0.3 is 34.9 Å². The quantitative estimate of drug-likeness (QED) is 0.0692. The number of amides is 2. The minimum atomic E-state index is -2.06. The van der Waals surface area contributed by atoms with E-state index in [1.807, 2.05) is 115 Å². The number of aromatic nitrogens is 2. The minimum absolute atomic E-state index is 0.0288. The number of rotatable bonds is 16. The van der Waals surface area contributed by atoms with Crippen molar-refractivity contribution in [2.45, 2.75) is 37.7 Å². The highest BCUT2D eigenvalue weighted by atomic mass is 31.1. The van der Waals surface area contributed by atoms with Crippen LogP contribution >= 0.6 is 8.15 Å². The normalized spacial score (nSPS) is 13.5. The number of ether oxygens (including phenoxy) is 1. The fourth-order valence-corrected chi connectivity index (χ4v) is 7.65. The van der Waals surface area contributed by atoms with E-state index in [1.165, 1.54) is 0 Å². The standard InChI is InChI=1S/C40H39N4O7P/c45-38(42-36(39(46)47)22-30-24-41-34-19-11-10-18-33(30)34)31(21-32-23-35(44-51-32)29-16-8-3-9-17-29)26-52(49)37(20-27-12-4-1-5-13-27)43-40(48)50-25-28-14-6-2-7-15-28/h1-19,23-24,31,36-37,41,49H,20-22,25-26H2,(H,42,45)(H,43,48)(H,46,47)/t31-,36-,37+,52?/m0/s1. The van der Waals surface area contributed by atoms with E-state index in [2.05, 4.69) is 20.8 Å². The summed E-state index contributed by atoms with van der Waals surface area (Å²) >= 11 is 0. The Morgan fingerprint density at radius 2 is 1.46 bits per heavy atom. The zero-order valence-electron chi connectivity index (χ0n) is 28.2. The number of carboxylic acid groups (broad SMARTS) is 1. The first-order valence-electron chi connectivity index (χ1n) is 16.9. The predicted molar refractivity (Wildman–Crippen MR) is 198 cm³/mol. The second-order valence-corrected chi connectivity index (χ2v) is 14.3. The molecule has 4 aromatic carbocycles. The van der Waals surface area contributed by atoms with Gasteiger partial charge in [0.25, 0.3) is 0 Å². The van der Waals surface area contributed by atoms with E-state index in [4.69, 9.17) is 9.26 Å². The number of hydrogen-bond donors (Lipinski definition) is 5. The number of hydrogen-bond acceptors (Lipinski definition) is 7. The average Bonchev–Trinajstić information content (AvgIpc) is 3.81. The molecule has 6 aromatic rings. The number of alkyl carbamates (subject to hydrolysis) is 1. The molecule has 2 heterocycles. The third-order valence-electron chi connectivity index (χ3n) is 8.70. The predicted octanol–water partition coefficient (Wildman–Crippen LogP) is 6.68. The molecular weight excluding hydrogens is 679 g/mol. The number of nitrogens with zero attached hydrogens (tertiary/aromatic N) is 1. The van der Waals surface area contributed by atoms with Crippen molar-refractivity contribution < 1.29 is 33.6 Å². The summed E-state index contributed by atoms with van der Waals surface area (Å²) in [4.78, 5) is 54.6. The molecule has 0 spiro atoms. The lowest BCUT2D eigenvalue weighted by Gasteiger charge is -2.27. The van der Waals surface area contributed by atoms with Gasteiger partial charge in [0, 0.05) is 55.9 Å². The number of aromatic amines is 1. The molecule has 1 unspecified atom stereocenters. The van der Waals surface area contributed by atoms with Crippen LogP contribution in [0.2, 0.25) is 0 Å². The summed E-state index contributed by atoms with van der Waals surface area (Å²) in [6.07, 6.45) is 1.31. The Morgan fingerprint density at radius 1 is 0.808 bits per heavy atom. The lowest BCUT2D eigenvalue weighted by Crippen LogP contribution is -2.46. The molecule has 12 heteroatoms. The van der Waals surface area contributed by atoms with Crippen LogP contribution < -0.4 is 10.6 Å². The van der Waals surface area contributed by atoms with Crippen molar-refractivity contribution in [3.63, 3.8) is 0 Å². The summed E-state index contributed by atoms with van der Waals surface area (Å²) in [7, 11) is -2.06. The molecule has 0 bridgehead atoms. The molecule has 0 saturated carbocycles. The van der Waals surface area contributed by atoms with Crippen LogP contribution in [0.4, 0.5) is 4.79 Å². The monoisotopic (exact) mass is 718 g/mol. The molecule has 52 heavy (non-hydrogen) atoms. The zero-order valence-corrected chi connectivity index (χ0v) is 29.1. The average molecular weight is 719 g/mol. The topological polar surface area (TPSA) is 167 Å². The number of fused-ring (bicyclic) bond motifs is 1. The van der Waals surface area contributed by atoms with Crippen LogP contribution in [0.1, 0.15) is 22.5 Å². The van der Waals surface area contributed by atoms with E-state index in [0.717, 1.165) is 33.2 Å². The number of H-pyrrole nitrogens is 1. The highest BCUT2D eigenvalue weighted by Crippen LogP contribution is 2.40. The summed E-state index contributed by atoms with van der Waals surface area (Å²) in [5, 5.41) is 20.8. The molecule has 4 atom stereocenters. The van der Waals surface area contributed by atoms with Crippen LogP contribution in [0.15, 0.2) is 132 Å². The maximum Gasteiger partial charge on any atom is 0.408 e. The number of carboxylic acids is 1. The van der Waals surface area contributed by atoms with Gasteiger partial charge in [-0.05, 0) is 29.2 Å². The molecular formula is C40H39N4O7P. The fraction of sp³-hybridized carbons (Fsp3) is 0.200. The Balaban J connectivity index is 1.23. The van der Waals surface area contributed by atoms with Crippen molar-refractivity contribution in [3.8, 4) is 11.3 Å². The van der Waals surface area contributed by atoms with Gasteiger partial charge in [-0.2, -0.15) is 0 Å². The third kappa shape index (κ3) is 9.72. The van der Waals surface area contributed by atoms with Crippen LogP contribution in [0.3, 0.4) is 0 Å². The molecule has 0 aliphatic rings. The van der Waals surface area contributed by atoms with Crippen molar-refractivity contribution in [1.29, 1.82) is 0 Å². The van der Waals surface area contributed by atoms with Crippen LogP contribution in [-0.2, 0) is 40.2 Å².